The average molecular weight is 420 g/mol. The van der Waals surface area contributed by atoms with Crippen molar-refractivity contribution in [2.24, 2.45) is 5.73 Å². The number of carbonyl (C=O) groups is 1. The Balaban J connectivity index is 1.46. The maximum atomic E-state index is 10.9. The lowest BCUT2D eigenvalue weighted by Crippen LogP contribution is -2.32. The van der Waals surface area contributed by atoms with Crippen molar-refractivity contribution in [1.82, 2.24) is 15.0 Å². The number of benzene rings is 1. The monoisotopic (exact) mass is 420 g/mol. The Morgan fingerprint density at radius 2 is 1.77 bits per heavy atom. The number of aromatic nitrogens is 3. The molecule has 1 aliphatic rings. The number of primary amides is 1. The number of nitrogen functional groups attached to an aromatic ring is 1. The zero-order valence-corrected chi connectivity index (χ0v) is 16.9. The Labute approximate surface area is 179 Å². The van der Waals surface area contributed by atoms with Crippen LogP contribution in [-0.2, 0) is 4.74 Å². The summed E-state index contributed by atoms with van der Waals surface area (Å²) in [6.07, 6.45) is 5.71. The Morgan fingerprint density at radius 1 is 1.00 bits per heavy atom. The molecule has 0 atom stereocenters. The average Bonchev–Trinajstić information content (AvgIpc) is 2.77. The first-order chi connectivity index (χ1) is 15.1. The van der Waals surface area contributed by atoms with Crippen LogP contribution in [0.1, 0.15) is 25.7 Å². The largest absolute Gasteiger partial charge is 0.446 e. The van der Waals surface area contributed by atoms with Crippen molar-refractivity contribution in [3.63, 3.8) is 0 Å². The molecule has 9 heteroatoms. The molecular formula is C22H24N6O3. The van der Waals surface area contributed by atoms with E-state index in [0.717, 1.165) is 31.2 Å². The van der Waals surface area contributed by atoms with Gasteiger partial charge in [-0.2, -0.15) is 0 Å². The topological polar surface area (TPSA) is 138 Å². The minimum Gasteiger partial charge on any atom is -0.446 e. The molecule has 160 valence electrons. The summed E-state index contributed by atoms with van der Waals surface area (Å²) in [4.78, 5) is 24.3. The number of anilines is 2. The van der Waals surface area contributed by atoms with Crippen molar-refractivity contribution in [3.8, 4) is 22.9 Å². The second-order valence-electron chi connectivity index (χ2n) is 7.35. The van der Waals surface area contributed by atoms with Gasteiger partial charge in [0.25, 0.3) is 0 Å². The summed E-state index contributed by atoms with van der Waals surface area (Å²) in [5.41, 5.74) is 13.0. The fourth-order valence-electron chi connectivity index (χ4n) is 3.56. The molecule has 0 saturated heterocycles. The van der Waals surface area contributed by atoms with Crippen LogP contribution >= 0.6 is 0 Å². The van der Waals surface area contributed by atoms with Gasteiger partial charge in [-0.15, -0.1) is 0 Å². The summed E-state index contributed by atoms with van der Waals surface area (Å²) in [5.74, 6) is 1.61. The molecule has 3 aromatic rings. The van der Waals surface area contributed by atoms with Crippen LogP contribution in [0.2, 0.25) is 0 Å². The Bertz CT molecular complexity index is 1040. The quantitative estimate of drug-likeness (QED) is 0.513. The molecule has 1 fully saturated rings. The van der Waals surface area contributed by atoms with Crippen LogP contribution in [0.3, 0.4) is 0 Å². The highest BCUT2D eigenvalue weighted by Crippen LogP contribution is 2.31. The smallest absolute Gasteiger partial charge is 0.404 e. The van der Waals surface area contributed by atoms with E-state index >= 15 is 0 Å². The first-order valence-corrected chi connectivity index (χ1v) is 10.1. The first kappa shape index (κ1) is 20.4. The molecule has 1 aliphatic carbocycles. The lowest BCUT2D eigenvalue weighted by Gasteiger charge is -2.28. The van der Waals surface area contributed by atoms with Gasteiger partial charge in [-0.05, 0) is 68.1 Å². The van der Waals surface area contributed by atoms with Crippen LogP contribution < -0.4 is 21.5 Å². The van der Waals surface area contributed by atoms with Gasteiger partial charge in [0, 0.05) is 24.1 Å². The molecule has 0 spiro atoms. The van der Waals surface area contributed by atoms with Crippen molar-refractivity contribution < 1.29 is 14.3 Å². The van der Waals surface area contributed by atoms with E-state index in [9.17, 15) is 4.79 Å². The van der Waals surface area contributed by atoms with Gasteiger partial charge in [0.05, 0.1) is 11.3 Å². The lowest BCUT2D eigenvalue weighted by atomic mass is 9.93. The number of hydrogen-bond donors (Lipinski definition) is 3. The van der Waals surface area contributed by atoms with E-state index in [2.05, 4.69) is 20.3 Å². The van der Waals surface area contributed by atoms with E-state index in [-0.39, 0.29) is 12.1 Å². The SMILES string of the molecule is NC(=O)OC1CCC(Nc2nccc(-c3cccnc3Oc3ccc(N)cc3)n2)CC1. The van der Waals surface area contributed by atoms with E-state index in [4.69, 9.17) is 20.9 Å². The van der Waals surface area contributed by atoms with Crippen molar-refractivity contribution in [2.45, 2.75) is 37.8 Å². The molecule has 0 unspecified atom stereocenters. The van der Waals surface area contributed by atoms with E-state index < -0.39 is 6.09 Å². The fourth-order valence-corrected chi connectivity index (χ4v) is 3.56. The molecule has 0 aliphatic heterocycles. The molecule has 1 amide bonds. The normalized spacial score (nSPS) is 18.2. The van der Waals surface area contributed by atoms with Crippen molar-refractivity contribution in [1.29, 1.82) is 0 Å². The number of amides is 1. The second-order valence-corrected chi connectivity index (χ2v) is 7.35. The molecule has 2 heterocycles. The first-order valence-electron chi connectivity index (χ1n) is 10.1. The molecule has 2 aromatic heterocycles. The van der Waals surface area contributed by atoms with Crippen molar-refractivity contribution in [2.75, 3.05) is 11.1 Å². The van der Waals surface area contributed by atoms with Crippen LogP contribution in [-0.4, -0.2) is 33.2 Å². The molecule has 4 rings (SSSR count). The Hall–Kier alpha value is -3.88. The number of carbonyl (C=O) groups excluding carboxylic acids is 1. The third-order valence-corrected chi connectivity index (χ3v) is 5.09. The standard InChI is InChI=1S/C22H24N6O3/c23-14-3-7-16(8-4-14)30-20-18(2-1-12-25-20)19-11-13-26-22(28-19)27-15-5-9-17(10-6-15)31-21(24)29/h1-4,7-8,11-13,15,17H,5-6,9-10,23H2,(H2,24,29)(H,26,27,28). The minimum absolute atomic E-state index is 0.119. The van der Waals surface area contributed by atoms with Crippen LogP contribution in [0.5, 0.6) is 11.6 Å². The van der Waals surface area contributed by atoms with Crippen molar-refractivity contribution in [3.05, 3.63) is 54.9 Å². The predicted molar refractivity (Wildman–Crippen MR) is 117 cm³/mol. The molecule has 0 bridgehead atoms. The molecule has 1 saturated carbocycles. The van der Waals surface area contributed by atoms with Crippen LogP contribution in [0, 0.1) is 0 Å². The van der Waals surface area contributed by atoms with E-state index in [1.165, 1.54) is 0 Å². The van der Waals surface area contributed by atoms with Crippen LogP contribution in [0.15, 0.2) is 54.9 Å². The highest BCUT2D eigenvalue weighted by atomic mass is 16.6. The summed E-state index contributed by atoms with van der Waals surface area (Å²) in [7, 11) is 0. The molecule has 31 heavy (non-hydrogen) atoms. The maximum Gasteiger partial charge on any atom is 0.404 e. The van der Waals surface area contributed by atoms with Gasteiger partial charge in [0.1, 0.15) is 11.9 Å². The van der Waals surface area contributed by atoms with Gasteiger partial charge in [0.15, 0.2) is 0 Å². The van der Waals surface area contributed by atoms with Crippen molar-refractivity contribution >= 4 is 17.7 Å². The maximum absolute atomic E-state index is 10.9. The van der Waals surface area contributed by atoms with Crippen LogP contribution in [0.4, 0.5) is 16.4 Å². The van der Waals surface area contributed by atoms with Gasteiger partial charge in [-0.3, -0.25) is 0 Å². The zero-order chi connectivity index (χ0) is 21.6. The third-order valence-electron chi connectivity index (χ3n) is 5.09. The summed E-state index contributed by atoms with van der Waals surface area (Å²) in [6, 6.07) is 12.9. The van der Waals surface area contributed by atoms with Gasteiger partial charge in [-0.1, -0.05) is 0 Å². The summed E-state index contributed by atoms with van der Waals surface area (Å²) in [5, 5.41) is 3.37. The molecule has 5 N–H and O–H groups in total. The Kier molecular flexibility index (Phi) is 6.11. The molecule has 9 nitrogen and oxygen atoms in total. The van der Waals surface area contributed by atoms with E-state index in [1.54, 1.807) is 36.7 Å². The Morgan fingerprint density at radius 3 is 2.52 bits per heavy atom. The van der Waals surface area contributed by atoms with Gasteiger partial charge in [0.2, 0.25) is 11.8 Å². The van der Waals surface area contributed by atoms with Crippen LogP contribution in [0.25, 0.3) is 11.3 Å². The lowest BCUT2D eigenvalue weighted by molar-refractivity contribution is 0.0805. The molecule has 0 radical (unpaired) electrons. The third kappa shape index (κ3) is 5.39. The highest BCUT2D eigenvalue weighted by Gasteiger charge is 2.24. The van der Waals surface area contributed by atoms with E-state index in [1.807, 2.05) is 18.2 Å². The van der Waals surface area contributed by atoms with Gasteiger partial charge < -0.3 is 26.3 Å². The minimum atomic E-state index is -0.721. The zero-order valence-electron chi connectivity index (χ0n) is 16.9. The number of nitrogens with one attached hydrogen (secondary N) is 1. The fraction of sp³-hybridized carbons (Fsp3) is 0.273. The van der Waals surface area contributed by atoms with E-state index in [0.29, 0.717) is 29.0 Å². The highest BCUT2D eigenvalue weighted by molar-refractivity contribution is 5.66. The number of nitrogens with zero attached hydrogens (tertiary/aromatic N) is 3. The number of nitrogens with two attached hydrogens (primary N) is 2. The number of rotatable bonds is 6. The summed E-state index contributed by atoms with van der Waals surface area (Å²) in [6.45, 7) is 0. The molecule has 1 aromatic carbocycles. The number of ether oxygens (including phenoxy) is 2. The number of hydrogen-bond acceptors (Lipinski definition) is 8. The summed E-state index contributed by atoms with van der Waals surface area (Å²) >= 11 is 0. The van der Waals surface area contributed by atoms with Gasteiger partial charge >= 0.3 is 6.09 Å². The second kappa shape index (κ2) is 9.29. The van der Waals surface area contributed by atoms with Gasteiger partial charge in [-0.25, -0.2) is 19.7 Å². The predicted octanol–water partition coefficient (Wildman–Crippen LogP) is 3.73. The summed E-state index contributed by atoms with van der Waals surface area (Å²) < 4.78 is 11.0. The number of pyridine rings is 1. The molecular weight excluding hydrogens is 396 g/mol.